The van der Waals surface area contributed by atoms with Gasteiger partial charge in [-0.1, -0.05) is 18.2 Å². The maximum atomic E-state index is 12.6. The molecule has 4 nitrogen and oxygen atoms in total. The highest BCUT2D eigenvalue weighted by molar-refractivity contribution is 8.00. The summed E-state index contributed by atoms with van der Waals surface area (Å²) in [5, 5.41) is 11.9. The third kappa shape index (κ3) is 2.74. The summed E-state index contributed by atoms with van der Waals surface area (Å²) in [4.78, 5) is 14.4. The fraction of sp³-hybridized carbons (Fsp3) is 0.250. The van der Waals surface area contributed by atoms with E-state index < -0.39 is 0 Å². The molecule has 21 heavy (non-hydrogen) atoms. The van der Waals surface area contributed by atoms with Crippen molar-refractivity contribution in [3.05, 3.63) is 59.4 Å². The molecule has 0 fully saturated rings. The van der Waals surface area contributed by atoms with Crippen LogP contribution in [-0.4, -0.2) is 17.7 Å². The van der Waals surface area contributed by atoms with Crippen molar-refractivity contribution in [2.24, 2.45) is 0 Å². The van der Waals surface area contributed by atoms with Crippen molar-refractivity contribution >= 4 is 23.4 Å². The van der Waals surface area contributed by atoms with Crippen molar-refractivity contribution < 1.29 is 9.52 Å². The summed E-state index contributed by atoms with van der Waals surface area (Å²) < 4.78 is 0.798. The summed E-state index contributed by atoms with van der Waals surface area (Å²) in [7, 11) is 0. The molecule has 1 aromatic heterocycles. The van der Waals surface area contributed by atoms with Gasteiger partial charge in [-0.3, -0.25) is 4.79 Å². The number of nitrogens with zero attached hydrogens (tertiary/aromatic N) is 2. The van der Waals surface area contributed by atoms with Crippen LogP contribution in [0.2, 0.25) is 0 Å². The van der Waals surface area contributed by atoms with E-state index in [-0.39, 0.29) is 11.2 Å². The fourth-order valence-corrected chi connectivity index (χ4v) is 3.43. The zero-order chi connectivity index (χ0) is 14.8. The molecule has 1 amide bonds. The number of rotatable bonds is 3. The number of para-hydroxylation sites is 1. The van der Waals surface area contributed by atoms with Crippen molar-refractivity contribution in [3.8, 4) is 0 Å². The minimum absolute atomic E-state index is 0.0498. The van der Waals surface area contributed by atoms with E-state index in [1.54, 1.807) is 18.2 Å². The van der Waals surface area contributed by atoms with Gasteiger partial charge in [0.25, 0.3) is 5.03 Å². The average molecular weight is 300 g/mol. The number of anilines is 1. The lowest BCUT2D eigenvalue weighted by Crippen LogP contribution is -2.36. The molecule has 5 heteroatoms. The third-order valence-corrected chi connectivity index (χ3v) is 4.70. The van der Waals surface area contributed by atoms with Gasteiger partial charge in [0.15, 0.2) is 6.20 Å². The van der Waals surface area contributed by atoms with Crippen LogP contribution in [0.15, 0.2) is 53.7 Å². The third-order valence-electron chi connectivity index (χ3n) is 3.59. The maximum Gasteiger partial charge on any atom is 0.252 e. The van der Waals surface area contributed by atoms with E-state index in [1.165, 1.54) is 23.5 Å². The van der Waals surface area contributed by atoms with Gasteiger partial charge in [0, 0.05) is 24.4 Å². The second-order valence-corrected chi connectivity index (χ2v) is 6.35. The summed E-state index contributed by atoms with van der Waals surface area (Å²) in [5.41, 5.74) is 2.21. The summed E-state index contributed by atoms with van der Waals surface area (Å²) in [6.45, 7) is 2.57. The molecule has 0 N–H and O–H groups in total. The van der Waals surface area contributed by atoms with Crippen LogP contribution in [-0.2, 0) is 11.2 Å². The van der Waals surface area contributed by atoms with Gasteiger partial charge in [0.2, 0.25) is 5.91 Å². The lowest BCUT2D eigenvalue weighted by Gasteiger charge is -2.20. The number of hydrogen-bond donors (Lipinski definition) is 0. The first-order valence-corrected chi connectivity index (χ1v) is 7.79. The average Bonchev–Trinajstić information content (AvgIpc) is 2.92. The molecule has 1 atom stereocenters. The van der Waals surface area contributed by atoms with Crippen molar-refractivity contribution in [2.75, 3.05) is 11.4 Å². The SMILES string of the molecule is C[C@H](Sc1cccc[n+]1[O-])C(=O)N1CCc2ccccc21. The zero-order valence-corrected chi connectivity index (χ0v) is 12.5. The Morgan fingerprint density at radius 3 is 2.86 bits per heavy atom. The van der Waals surface area contributed by atoms with Crippen molar-refractivity contribution in [1.29, 1.82) is 0 Å². The lowest BCUT2D eigenvalue weighted by molar-refractivity contribution is -0.645. The van der Waals surface area contributed by atoms with E-state index in [1.807, 2.05) is 30.0 Å². The van der Waals surface area contributed by atoms with Gasteiger partial charge in [-0.2, -0.15) is 4.73 Å². The van der Waals surface area contributed by atoms with Gasteiger partial charge in [0.1, 0.15) is 0 Å². The minimum Gasteiger partial charge on any atom is -0.618 e. The van der Waals surface area contributed by atoms with Gasteiger partial charge < -0.3 is 10.1 Å². The Hall–Kier alpha value is -2.01. The van der Waals surface area contributed by atoms with Gasteiger partial charge >= 0.3 is 0 Å². The minimum atomic E-state index is -0.293. The topological polar surface area (TPSA) is 47.2 Å². The quantitative estimate of drug-likeness (QED) is 0.497. The summed E-state index contributed by atoms with van der Waals surface area (Å²) in [6, 6.07) is 13.2. The van der Waals surface area contributed by atoms with Crippen molar-refractivity contribution in [3.63, 3.8) is 0 Å². The van der Waals surface area contributed by atoms with E-state index >= 15 is 0 Å². The zero-order valence-electron chi connectivity index (χ0n) is 11.7. The van der Waals surface area contributed by atoms with Crippen molar-refractivity contribution in [1.82, 2.24) is 0 Å². The van der Waals surface area contributed by atoms with E-state index in [0.29, 0.717) is 5.03 Å². The van der Waals surface area contributed by atoms with Gasteiger partial charge in [-0.15, -0.1) is 0 Å². The van der Waals surface area contributed by atoms with Crippen molar-refractivity contribution in [2.45, 2.75) is 23.6 Å². The Labute approximate surface area is 128 Å². The standard InChI is InChI=1S/C16H16N2O2S/c1-12(21-15-8-4-5-10-18(15)20)16(19)17-11-9-13-6-2-3-7-14(13)17/h2-8,10,12H,9,11H2,1H3/t12-/m0/s1. The van der Waals surface area contributed by atoms with Gasteiger partial charge in [0.05, 0.1) is 5.25 Å². The van der Waals surface area contributed by atoms with Gasteiger partial charge in [-0.05, 0) is 42.8 Å². The summed E-state index contributed by atoms with van der Waals surface area (Å²) in [6.07, 6.45) is 2.34. The molecule has 0 unspecified atom stereocenters. The first kappa shape index (κ1) is 13.9. The van der Waals surface area contributed by atoms with Crippen LogP contribution in [0.5, 0.6) is 0 Å². The molecule has 1 aliphatic rings. The number of benzene rings is 1. The molecular weight excluding hydrogens is 284 g/mol. The van der Waals surface area contributed by atoms with Crippen LogP contribution in [0, 0.1) is 5.21 Å². The lowest BCUT2D eigenvalue weighted by atomic mass is 10.2. The molecule has 108 valence electrons. The summed E-state index contributed by atoms with van der Waals surface area (Å²) in [5.74, 6) is 0.0498. The van der Waals surface area contributed by atoms with E-state index in [9.17, 15) is 10.0 Å². The number of fused-ring (bicyclic) bond motifs is 1. The molecule has 2 heterocycles. The highest BCUT2D eigenvalue weighted by atomic mass is 32.2. The Kier molecular flexibility index (Phi) is 3.84. The maximum absolute atomic E-state index is 12.6. The summed E-state index contributed by atoms with van der Waals surface area (Å²) >= 11 is 1.30. The number of carbonyl (C=O) groups is 1. The number of amides is 1. The molecular formula is C16H16N2O2S. The normalized spacial score (nSPS) is 14.8. The highest BCUT2D eigenvalue weighted by Gasteiger charge is 2.29. The smallest absolute Gasteiger partial charge is 0.252 e. The van der Waals surface area contributed by atoms with E-state index in [0.717, 1.165) is 23.4 Å². The predicted molar refractivity (Wildman–Crippen MR) is 83.2 cm³/mol. The Balaban J connectivity index is 1.76. The molecule has 1 aromatic carbocycles. The monoisotopic (exact) mass is 300 g/mol. The second kappa shape index (κ2) is 5.77. The fourth-order valence-electron chi connectivity index (χ4n) is 2.52. The van der Waals surface area contributed by atoms with Crippen LogP contribution in [0.3, 0.4) is 0 Å². The molecule has 0 spiro atoms. The molecule has 3 rings (SSSR count). The van der Waals surface area contributed by atoms with Crippen LogP contribution in [0.1, 0.15) is 12.5 Å². The molecule has 0 bridgehead atoms. The molecule has 1 aliphatic heterocycles. The molecule has 0 aliphatic carbocycles. The Morgan fingerprint density at radius 1 is 1.29 bits per heavy atom. The highest BCUT2D eigenvalue weighted by Crippen LogP contribution is 2.30. The van der Waals surface area contributed by atoms with E-state index in [4.69, 9.17) is 0 Å². The van der Waals surface area contributed by atoms with Crippen LogP contribution in [0.4, 0.5) is 5.69 Å². The first-order chi connectivity index (χ1) is 10.2. The van der Waals surface area contributed by atoms with Crippen LogP contribution < -0.4 is 9.63 Å². The Morgan fingerprint density at radius 2 is 2.05 bits per heavy atom. The number of pyridine rings is 1. The molecule has 0 saturated heterocycles. The van der Waals surface area contributed by atoms with Crippen LogP contribution in [0.25, 0.3) is 0 Å². The molecule has 2 aromatic rings. The predicted octanol–water partition coefficient (Wildman–Crippen LogP) is 2.39. The first-order valence-electron chi connectivity index (χ1n) is 6.91. The van der Waals surface area contributed by atoms with Gasteiger partial charge in [-0.25, -0.2) is 0 Å². The largest absolute Gasteiger partial charge is 0.618 e. The van der Waals surface area contributed by atoms with Crippen LogP contribution >= 0.6 is 11.8 Å². The number of thioether (sulfide) groups is 1. The second-order valence-electron chi connectivity index (χ2n) is 4.99. The number of aromatic nitrogens is 1. The van der Waals surface area contributed by atoms with E-state index in [2.05, 4.69) is 6.07 Å². The number of carbonyl (C=O) groups excluding carboxylic acids is 1. The molecule has 0 radical (unpaired) electrons. The Bertz CT molecular complexity index is 675. The molecule has 0 saturated carbocycles. The number of hydrogen-bond acceptors (Lipinski definition) is 3.